The number of benzene rings is 2. The zero-order valence-corrected chi connectivity index (χ0v) is 17.5. The van der Waals surface area contributed by atoms with Crippen LogP contribution in [-0.2, 0) is 10.9 Å². The van der Waals surface area contributed by atoms with Gasteiger partial charge in [-0.2, -0.15) is 0 Å². The largest absolute Gasteiger partial charge is 1.00 e. The van der Waals surface area contributed by atoms with Crippen LogP contribution < -0.4 is 38.2 Å². The standard InChI is InChI=1S/C19H25O4S.HI/c1-24(2)13-12-21-18-8-10-19(11-9-18)23-15-16(20)14-22-17-6-4-3-5-7-17;/h3-11,16,20H,12-15H2,1-2H3;1H/q+1;/p-1. The summed E-state index contributed by atoms with van der Waals surface area (Å²) in [5.41, 5.74) is 0. The molecular weight excluding hydrogens is 451 g/mol. The van der Waals surface area contributed by atoms with E-state index in [4.69, 9.17) is 14.2 Å². The van der Waals surface area contributed by atoms with Crippen molar-refractivity contribution in [1.29, 1.82) is 0 Å². The van der Waals surface area contributed by atoms with E-state index in [9.17, 15) is 5.11 Å². The van der Waals surface area contributed by atoms with E-state index in [1.165, 1.54) is 0 Å². The first-order chi connectivity index (χ1) is 11.6. The number of ether oxygens (including phenoxy) is 3. The van der Waals surface area contributed by atoms with Gasteiger partial charge in [-0.3, -0.25) is 0 Å². The predicted molar refractivity (Wildman–Crippen MR) is 99.5 cm³/mol. The maximum absolute atomic E-state index is 9.92. The van der Waals surface area contributed by atoms with Crippen molar-refractivity contribution in [2.75, 3.05) is 38.1 Å². The number of aliphatic hydroxyl groups excluding tert-OH is 1. The van der Waals surface area contributed by atoms with E-state index in [2.05, 4.69) is 12.5 Å². The first-order valence-electron chi connectivity index (χ1n) is 7.89. The maximum atomic E-state index is 9.92. The number of hydrogen-bond acceptors (Lipinski definition) is 4. The van der Waals surface area contributed by atoms with Crippen molar-refractivity contribution in [3.8, 4) is 17.2 Å². The molecule has 1 unspecified atom stereocenters. The van der Waals surface area contributed by atoms with Crippen molar-refractivity contribution in [1.82, 2.24) is 0 Å². The molecule has 0 saturated carbocycles. The molecule has 0 spiro atoms. The van der Waals surface area contributed by atoms with Crippen molar-refractivity contribution >= 4 is 10.9 Å². The lowest BCUT2D eigenvalue weighted by atomic mass is 10.3. The third-order valence-corrected chi connectivity index (χ3v) is 4.20. The molecule has 2 aromatic rings. The van der Waals surface area contributed by atoms with Gasteiger partial charge in [-0.25, -0.2) is 0 Å². The van der Waals surface area contributed by atoms with E-state index in [1.54, 1.807) is 0 Å². The van der Waals surface area contributed by atoms with Crippen molar-refractivity contribution in [3.05, 3.63) is 54.6 Å². The molecule has 0 bridgehead atoms. The van der Waals surface area contributed by atoms with Gasteiger partial charge in [0.05, 0.1) is 12.5 Å². The summed E-state index contributed by atoms with van der Waals surface area (Å²) in [6.07, 6.45) is 3.72. The Labute approximate surface area is 169 Å². The second-order valence-corrected chi connectivity index (χ2v) is 7.98. The second-order valence-electron chi connectivity index (χ2n) is 5.60. The maximum Gasteiger partial charge on any atom is 0.141 e. The van der Waals surface area contributed by atoms with Crippen LogP contribution in [-0.4, -0.2) is 49.3 Å². The van der Waals surface area contributed by atoms with Crippen molar-refractivity contribution in [2.45, 2.75) is 6.10 Å². The van der Waals surface area contributed by atoms with Crippen LogP contribution in [0.25, 0.3) is 0 Å². The molecule has 2 rings (SSSR count). The molecular formula is C19H25IO4S. The fourth-order valence-corrected chi connectivity index (χ4v) is 2.32. The third-order valence-electron chi connectivity index (χ3n) is 3.21. The SMILES string of the molecule is C[S+](C)CCOc1ccc(OCC(O)COc2ccccc2)cc1.[I-]. The molecule has 1 atom stereocenters. The van der Waals surface area contributed by atoms with Crippen LogP contribution in [0.1, 0.15) is 0 Å². The van der Waals surface area contributed by atoms with Gasteiger partial charge in [0.1, 0.15) is 48.9 Å². The van der Waals surface area contributed by atoms with Gasteiger partial charge >= 0.3 is 0 Å². The van der Waals surface area contributed by atoms with Crippen molar-refractivity contribution in [3.63, 3.8) is 0 Å². The zero-order chi connectivity index (χ0) is 17.2. The number of rotatable bonds is 10. The Morgan fingerprint density at radius 1 is 0.800 bits per heavy atom. The van der Waals surface area contributed by atoms with Gasteiger partial charge in [0.25, 0.3) is 0 Å². The van der Waals surface area contributed by atoms with E-state index < -0.39 is 6.10 Å². The first-order valence-corrected chi connectivity index (χ1v) is 10.1. The molecule has 1 N–H and O–H groups in total. The van der Waals surface area contributed by atoms with Crippen molar-refractivity contribution in [2.24, 2.45) is 0 Å². The predicted octanol–water partition coefficient (Wildman–Crippen LogP) is -0.234. The van der Waals surface area contributed by atoms with Crippen LogP contribution in [0.4, 0.5) is 0 Å². The summed E-state index contributed by atoms with van der Waals surface area (Å²) in [7, 11) is 0.393. The lowest BCUT2D eigenvalue weighted by Gasteiger charge is -2.14. The summed E-state index contributed by atoms with van der Waals surface area (Å²) in [5, 5.41) is 9.92. The highest BCUT2D eigenvalue weighted by molar-refractivity contribution is 7.95. The number of halogens is 1. The zero-order valence-electron chi connectivity index (χ0n) is 14.6. The lowest BCUT2D eigenvalue weighted by Crippen LogP contribution is -3.00. The summed E-state index contributed by atoms with van der Waals surface area (Å²) in [6.45, 7) is 1.11. The molecule has 2 aromatic carbocycles. The highest BCUT2D eigenvalue weighted by Crippen LogP contribution is 2.18. The lowest BCUT2D eigenvalue weighted by molar-refractivity contribution is -0.00000730. The molecule has 0 aliphatic rings. The minimum Gasteiger partial charge on any atom is -1.00 e. The topological polar surface area (TPSA) is 47.9 Å². The quantitative estimate of drug-likeness (QED) is 0.380. The minimum atomic E-state index is -0.687. The van der Waals surface area contributed by atoms with E-state index in [-0.39, 0.29) is 37.2 Å². The molecule has 0 aromatic heterocycles. The van der Waals surface area contributed by atoms with E-state index in [0.29, 0.717) is 16.6 Å². The van der Waals surface area contributed by atoms with Crippen LogP contribution in [0.2, 0.25) is 0 Å². The molecule has 0 fully saturated rings. The molecule has 0 saturated heterocycles. The Kier molecular flexibility index (Phi) is 10.8. The highest BCUT2D eigenvalue weighted by Gasteiger charge is 2.07. The van der Waals surface area contributed by atoms with Gasteiger partial charge < -0.3 is 43.3 Å². The molecule has 25 heavy (non-hydrogen) atoms. The highest BCUT2D eigenvalue weighted by atomic mass is 127. The fraction of sp³-hybridized carbons (Fsp3) is 0.368. The number of aliphatic hydroxyl groups is 1. The fourth-order valence-electron chi connectivity index (χ4n) is 1.91. The van der Waals surface area contributed by atoms with E-state index in [0.717, 1.165) is 23.9 Å². The van der Waals surface area contributed by atoms with Gasteiger partial charge in [-0.05, 0) is 47.3 Å². The van der Waals surface area contributed by atoms with Crippen LogP contribution in [0.15, 0.2) is 54.6 Å². The van der Waals surface area contributed by atoms with Gasteiger partial charge in [0.15, 0.2) is 0 Å². The molecule has 0 aliphatic heterocycles. The van der Waals surface area contributed by atoms with E-state index >= 15 is 0 Å². The molecule has 0 aliphatic carbocycles. The molecule has 0 amide bonds. The van der Waals surface area contributed by atoms with Crippen LogP contribution >= 0.6 is 0 Å². The van der Waals surface area contributed by atoms with Crippen molar-refractivity contribution < 1.29 is 43.3 Å². The second kappa shape index (κ2) is 12.3. The monoisotopic (exact) mass is 476 g/mol. The van der Waals surface area contributed by atoms with Crippen LogP contribution in [0.5, 0.6) is 17.2 Å². The summed E-state index contributed by atoms with van der Waals surface area (Å²) in [6, 6.07) is 16.9. The van der Waals surface area contributed by atoms with Gasteiger partial charge in [0, 0.05) is 0 Å². The number of para-hydroxylation sites is 1. The van der Waals surface area contributed by atoms with Gasteiger partial charge in [-0.15, -0.1) is 0 Å². The third kappa shape index (κ3) is 9.23. The Morgan fingerprint density at radius 2 is 1.28 bits per heavy atom. The van der Waals surface area contributed by atoms with E-state index in [1.807, 2.05) is 54.6 Å². The Balaban J connectivity index is 0.00000312. The summed E-state index contributed by atoms with van der Waals surface area (Å²) in [5.74, 6) is 3.33. The molecule has 0 heterocycles. The Morgan fingerprint density at radius 3 is 1.80 bits per heavy atom. The summed E-state index contributed by atoms with van der Waals surface area (Å²) >= 11 is 0. The molecule has 0 radical (unpaired) electrons. The average Bonchev–Trinajstić information content (AvgIpc) is 2.60. The summed E-state index contributed by atoms with van der Waals surface area (Å²) in [4.78, 5) is 0. The minimum absolute atomic E-state index is 0. The normalized spacial score (nSPS) is 11.5. The average molecular weight is 476 g/mol. The molecule has 4 nitrogen and oxygen atoms in total. The Bertz CT molecular complexity index is 578. The summed E-state index contributed by atoms with van der Waals surface area (Å²) < 4.78 is 16.7. The van der Waals surface area contributed by atoms with Crippen LogP contribution in [0.3, 0.4) is 0 Å². The molecule has 138 valence electrons. The number of hydrogen-bond donors (Lipinski definition) is 1. The molecule has 6 heteroatoms. The smallest absolute Gasteiger partial charge is 0.141 e. The van der Waals surface area contributed by atoms with Gasteiger partial charge in [-0.1, -0.05) is 18.2 Å². The van der Waals surface area contributed by atoms with Crippen LogP contribution in [0, 0.1) is 0 Å². The Hall–Kier alpha value is -1.12. The van der Waals surface area contributed by atoms with Gasteiger partial charge in [0.2, 0.25) is 0 Å². The first kappa shape index (κ1) is 21.9.